The number of benzene rings is 3. The molecule has 4 rings (SSSR count). The first-order chi connectivity index (χ1) is 15.6. The number of aliphatic hydroxyl groups excluding tert-OH is 3. The van der Waals surface area contributed by atoms with E-state index in [0.717, 1.165) is 16.7 Å². The van der Waals surface area contributed by atoms with Crippen LogP contribution in [0.5, 0.6) is 0 Å². The van der Waals surface area contributed by atoms with Crippen LogP contribution >= 0.6 is 0 Å². The summed E-state index contributed by atoms with van der Waals surface area (Å²) in [5.41, 5.74) is 1.74. The number of ether oxygens (including phenoxy) is 3. The topological polar surface area (TPSA) is 88.4 Å². The number of aliphatic hydroxyl groups is 3. The quantitative estimate of drug-likeness (QED) is 0.493. The first-order valence-electron chi connectivity index (χ1n) is 10.6. The van der Waals surface area contributed by atoms with Crippen LogP contribution in [0, 0.1) is 0 Å². The van der Waals surface area contributed by atoms with Gasteiger partial charge in [0.05, 0.1) is 6.61 Å². The van der Waals surface area contributed by atoms with E-state index < -0.39 is 36.3 Å². The minimum absolute atomic E-state index is 0.0521. The summed E-state index contributed by atoms with van der Waals surface area (Å²) in [4.78, 5) is 0. The van der Waals surface area contributed by atoms with Crippen LogP contribution < -0.4 is 0 Å². The lowest BCUT2D eigenvalue weighted by Gasteiger charge is -2.42. The Balaban J connectivity index is 1.77. The Bertz CT molecular complexity index is 867. The van der Waals surface area contributed by atoms with Gasteiger partial charge in [0.15, 0.2) is 6.29 Å². The number of methoxy groups -OCH3 is 1. The molecule has 0 spiro atoms. The Kier molecular flexibility index (Phi) is 7.01. The van der Waals surface area contributed by atoms with E-state index in [1.807, 2.05) is 91.0 Å². The molecule has 1 saturated heterocycles. The fourth-order valence-corrected chi connectivity index (χ4v) is 4.22. The van der Waals surface area contributed by atoms with Crippen molar-refractivity contribution in [2.45, 2.75) is 36.3 Å². The molecule has 0 aromatic heterocycles. The lowest BCUT2D eigenvalue weighted by atomic mass is 9.80. The second-order valence-electron chi connectivity index (χ2n) is 7.84. The van der Waals surface area contributed by atoms with E-state index in [1.165, 1.54) is 7.11 Å². The van der Waals surface area contributed by atoms with Crippen molar-refractivity contribution in [1.29, 1.82) is 0 Å². The van der Waals surface area contributed by atoms with Crippen molar-refractivity contribution in [2.75, 3.05) is 13.7 Å². The lowest BCUT2D eigenvalue weighted by Crippen LogP contribution is -2.59. The molecule has 1 aliphatic rings. The Morgan fingerprint density at radius 1 is 0.688 bits per heavy atom. The Morgan fingerprint density at radius 3 is 1.53 bits per heavy atom. The van der Waals surface area contributed by atoms with Crippen molar-refractivity contribution >= 4 is 0 Å². The average molecular weight is 437 g/mol. The second-order valence-corrected chi connectivity index (χ2v) is 7.84. The zero-order valence-corrected chi connectivity index (χ0v) is 17.8. The summed E-state index contributed by atoms with van der Waals surface area (Å²) in [5, 5.41) is 30.9. The van der Waals surface area contributed by atoms with Gasteiger partial charge in [-0.15, -0.1) is 0 Å². The Morgan fingerprint density at radius 2 is 1.12 bits per heavy atom. The highest BCUT2D eigenvalue weighted by molar-refractivity contribution is 5.47. The van der Waals surface area contributed by atoms with Gasteiger partial charge < -0.3 is 29.5 Å². The highest BCUT2D eigenvalue weighted by Crippen LogP contribution is 2.41. The van der Waals surface area contributed by atoms with Gasteiger partial charge in [-0.25, -0.2) is 0 Å². The summed E-state index contributed by atoms with van der Waals surface area (Å²) >= 11 is 0. The maximum Gasteiger partial charge on any atom is 0.186 e. The monoisotopic (exact) mass is 436 g/mol. The maximum atomic E-state index is 10.6. The Hall–Kier alpha value is -2.58. The van der Waals surface area contributed by atoms with Crippen LogP contribution in [0.2, 0.25) is 0 Å². The summed E-state index contributed by atoms with van der Waals surface area (Å²) in [6.07, 6.45) is -6.08. The van der Waals surface area contributed by atoms with Gasteiger partial charge in [0.2, 0.25) is 0 Å². The van der Waals surface area contributed by atoms with Crippen LogP contribution in [0.3, 0.4) is 0 Å². The molecule has 6 nitrogen and oxygen atoms in total. The first-order valence-corrected chi connectivity index (χ1v) is 10.6. The molecule has 3 aromatic carbocycles. The summed E-state index contributed by atoms with van der Waals surface area (Å²) in [6.45, 7) is -0.0521. The molecule has 0 amide bonds. The van der Waals surface area contributed by atoms with Crippen LogP contribution in [0.25, 0.3) is 0 Å². The fraction of sp³-hybridized carbons (Fsp3) is 0.308. The molecule has 5 atom stereocenters. The molecule has 1 aliphatic heterocycles. The van der Waals surface area contributed by atoms with Crippen LogP contribution in [0.4, 0.5) is 0 Å². The molecule has 6 heteroatoms. The van der Waals surface area contributed by atoms with Gasteiger partial charge in [-0.1, -0.05) is 91.0 Å². The van der Waals surface area contributed by atoms with E-state index in [9.17, 15) is 15.3 Å². The molecular weight excluding hydrogens is 408 g/mol. The molecule has 168 valence electrons. The number of hydrogen-bond acceptors (Lipinski definition) is 6. The molecule has 3 N–H and O–H groups in total. The largest absolute Gasteiger partial charge is 0.387 e. The first kappa shape index (κ1) is 22.6. The predicted molar refractivity (Wildman–Crippen MR) is 119 cm³/mol. The van der Waals surface area contributed by atoms with E-state index >= 15 is 0 Å². The summed E-state index contributed by atoms with van der Waals surface area (Å²) in [5.74, 6) is 0. The SMILES string of the molecule is CO[C@@H]1O[C@@H](COC(c2ccccc2)(c2ccccc2)c2ccccc2)[C@@H](O)[C@H](O)[C@@H]1O. The smallest absolute Gasteiger partial charge is 0.186 e. The highest BCUT2D eigenvalue weighted by Gasteiger charge is 2.46. The molecule has 1 fully saturated rings. The zero-order valence-electron chi connectivity index (χ0n) is 17.8. The average Bonchev–Trinajstić information content (AvgIpc) is 2.86. The molecular formula is C26H28O6. The van der Waals surface area contributed by atoms with Crippen molar-refractivity contribution in [1.82, 2.24) is 0 Å². The molecule has 3 aromatic rings. The summed E-state index contributed by atoms with van der Waals surface area (Å²) < 4.78 is 17.5. The van der Waals surface area contributed by atoms with Gasteiger partial charge >= 0.3 is 0 Å². The van der Waals surface area contributed by atoms with Crippen molar-refractivity contribution in [2.24, 2.45) is 0 Å². The maximum absolute atomic E-state index is 10.6. The van der Waals surface area contributed by atoms with E-state index in [1.54, 1.807) is 0 Å². The summed E-state index contributed by atoms with van der Waals surface area (Å²) in [7, 11) is 1.37. The molecule has 1 heterocycles. The van der Waals surface area contributed by atoms with Crippen LogP contribution in [-0.2, 0) is 19.8 Å². The number of rotatable bonds is 7. The van der Waals surface area contributed by atoms with E-state index in [0.29, 0.717) is 0 Å². The van der Waals surface area contributed by atoms with E-state index in [4.69, 9.17) is 14.2 Å². The van der Waals surface area contributed by atoms with Crippen LogP contribution in [0.1, 0.15) is 16.7 Å². The third kappa shape index (κ3) is 4.21. The van der Waals surface area contributed by atoms with Crippen LogP contribution in [0.15, 0.2) is 91.0 Å². The van der Waals surface area contributed by atoms with Crippen molar-refractivity contribution in [3.63, 3.8) is 0 Å². The molecule has 0 aliphatic carbocycles. The molecule has 0 unspecified atom stereocenters. The van der Waals surface area contributed by atoms with Gasteiger partial charge in [-0.2, -0.15) is 0 Å². The zero-order chi connectivity index (χ0) is 22.6. The predicted octanol–water partition coefficient (Wildman–Crippen LogP) is 2.45. The third-order valence-corrected chi connectivity index (χ3v) is 5.91. The normalized spacial score (nSPS) is 26.1. The standard InChI is InChI=1S/C26H28O6/c1-30-25-24(29)23(28)22(27)21(32-25)17-31-26(18-11-5-2-6-12-18,19-13-7-3-8-14-19)20-15-9-4-10-16-20/h2-16,21-25,27-29H,17H2,1H3/t21-,22+,23-,24-,25+/m0/s1. The molecule has 0 bridgehead atoms. The van der Waals surface area contributed by atoms with E-state index in [-0.39, 0.29) is 6.61 Å². The molecule has 32 heavy (non-hydrogen) atoms. The van der Waals surface area contributed by atoms with Gasteiger partial charge in [-0.05, 0) is 16.7 Å². The van der Waals surface area contributed by atoms with Crippen molar-refractivity contribution < 1.29 is 29.5 Å². The lowest BCUT2D eigenvalue weighted by molar-refractivity contribution is -0.299. The van der Waals surface area contributed by atoms with Gasteiger partial charge in [-0.3, -0.25) is 0 Å². The van der Waals surface area contributed by atoms with Gasteiger partial charge in [0.1, 0.15) is 30.0 Å². The summed E-state index contributed by atoms with van der Waals surface area (Å²) in [6, 6.07) is 29.5. The minimum Gasteiger partial charge on any atom is -0.387 e. The minimum atomic E-state index is -1.41. The third-order valence-electron chi connectivity index (χ3n) is 5.91. The molecule has 0 radical (unpaired) electrons. The Labute approximate surface area is 187 Å². The fourth-order valence-electron chi connectivity index (χ4n) is 4.22. The van der Waals surface area contributed by atoms with Crippen molar-refractivity contribution in [3.05, 3.63) is 108 Å². The second kappa shape index (κ2) is 9.92. The van der Waals surface area contributed by atoms with Gasteiger partial charge in [0.25, 0.3) is 0 Å². The van der Waals surface area contributed by atoms with Gasteiger partial charge in [0, 0.05) is 7.11 Å². The van der Waals surface area contributed by atoms with E-state index in [2.05, 4.69) is 0 Å². The highest BCUT2D eigenvalue weighted by atomic mass is 16.7. The molecule has 0 saturated carbocycles. The number of hydrogen-bond donors (Lipinski definition) is 3. The van der Waals surface area contributed by atoms with Crippen molar-refractivity contribution in [3.8, 4) is 0 Å². The van der Waals surface area contributed by atoms with Crippen LogP contribution in [-0.4, -0.2) is 59.7 Å².